The molecule has 0 saturated carbocycles. The molecule has 2 N–H and O–H groups in total. The molecular formula is C16H24N2O2. The van der Waals surface area contributed by atoms with E-state index in [1.165, 1.54) is 6.08 Å². The average Bonchev–Trinajstić information content (AvgIpc) is 2.50. The summed E-state index contributed by atoms with van der Waals surface area (Å²) in [5.41, 5.74) is 0.891. The summed E-state index contributed by atoms with van der Waals surface area (Å²) >= 11 is 0. The summed E-state index contributed by atoms with van der Waals surface area (Å²) < 4.78 is 0. The minimum absolute atomic E-state index is 0.00739. The van der Waals surface area contributed by atoms with Gasteiger partial charge in [-0.15, -0.1) is 0 Å². The Bertz CT molecular complexity index is 425. The molecule has 0 unspecified atom stereocenters. The number of nitrogens with one attached hydrogen (secondary N) is 1. The normalized spacial score (nSPS) is 11.8. The molecule has 1 aromatic heterocycles. The molecule has 0 fully saturated rings. The predicted octanol–water partition coefficient (Wildman–Crippen LogP) is 2.40. The smallest absolute Gasteiger partial charge is 0.244 e. The summed E-state index contributed by atoms with van der Waals surface area (Å²) in [7, 11) is 0. The van der Waals surface area contributed by atoms with E-state index in [1.54, 1.807) is 18.5 Å². The van der Waals surface area contributed by atoms with Gasteiger partial charge >= 0.3 is 0 Å². The Kier molecular flexibility index (Phi) is 6.94. The largest absolute Gasteiger partial charge is 0.396 e. The highest BCUT2D eigenvalue weighted by Gasteiger charge is 2.25. The van der Waals surface area contributed by atoms with Crippen molar-refractivity contribution in [3.63, 3.8) is 0 Å². The Balaban J connectivity index is 2.52. The Morgan fingerprint density at radius 2 is 2.20 bits per heavy atom. The van der Waals surface area contributed by atoms with Crippen LogP contribution in [0.3, 0.4) is 0 Å². The van der Waals surface area contributed by atoms with E-state index in [4.69, 9.17) is 5.11 Å². The standard InChI is InChI=1S/C16H24N2O2/c1-3-16(4-2,9-11-19)13-18-15(20)8-7-14-6-5-10-17-12-14/h5-8,10,12,19H,3-4,9,11,13H2,1-2H3,(H,18,20)/b8-7+. The monoisotopic (exact) mass is 276 g/mol. The van der Waals surface area contributed by atoms with Gasteiger partial charge in [0.1, 0.15) is 0 Å². The van der Waals surface area contributed by atoms with Crippen LogP contribution in [0.5, 0.6) is 0 Å². The number of aliphatic hydroxyl groups excluding tert-OH is 1. The van der Waals surface area contributed by atoms with Crippen LogP contribution in [0.1, 0.15) is 38.7 Å². The van der Waals surface area contributed by atoms with Gasteiger partial charge < -0.3 is 10.4 Å². The molecule has 0 aliphatic rings. The second kappa shape index (κ2) is 8.48. The predicted molar refractivity (Wildman–Crippen MR) is 81.0 cm³/mol. The Morgan fingerprint density at radius 3 is 2.75 bits per heavy atom. The van der Waals surface area contributed by atoms with Crippen LogP contribution in [0.4, 0.5) is 0 Å². The van der Waals surface area contributed by atoms with Crippen molar-refractivity contribution in [3.05, 3.63) is 36.2 Å². The van der Waals surface area contributed by atoms with Gasteiger partial charge in [-0.3, -0.25) is 9.78 Å². The van der Waals surface area contributed by atoms with E-state index in [-0.39, 0.29) is 17.9 Å². The van der Waals surface area contributed by atoms with Gasteiger partial charge in [0.05, 0.1) is 0 Å². The molecule has 0 aliphatic carbocycles. The highest BCUT2D eigenvalue weighted by atomic mass is 16.3. The molecule has 1 aromatic rings. The summed E-state index contributed by atoms with van der Waals surface area (Å²) in [5, 5.41) is 12.1. The lowest BCUT2D eigenvalue weighted by Crippen LogP contribution is -2.36. The lowest BCUT2D eigenvalue weighted by Gasteiger charge is -2.31. The van der Waals surface area contributed by atoms with E-state index in [0.29, 0.717) is 13.0 Å². The zero-order valence-corrected chi connectivity index (χ0v) is 12.3. The maximum atomic E-state index is 11.8. The minimum atomic E-state index is -0.113. The van der Waals surface area contributed by atoms with Crippen molar-refractivity contribution in [1.29, 1.82) is 0 Å². The fourth-order valence-corrected chi connectivity index (χ4v) is 2.16. The zero-order valence-electron chi connectivity index (χ0n) is 12.3. The summed E-state index contributed by atoms with van der Waals surface area (Å²) in [5.74, 6) is -0.113. The summed E-state index contributed by atoms with van der Waals surface area (Å²) in [4.78, 5) is 15.8. The van der Waals surface area contributed by atoms with Crippen molar-refractivity contribution in [2.45, 2.75) is 33.1 Å². The van der Waals surface area contributed by atoms with Crippen molar-refractivity contribution in [1.82, 2.24) is 10.3 Å². The maximum Gasteiger partial charge on any atom is 0.244 e. The van der Waals surface area contributed by atoms with Gasteiger partial charge in [-0.05, 0) is 42.4 Å². The zero-order chi connectivity index (χ0) is 14.8. The van der Waals surface area contributed by atoms with Crippen molar-refractivity contribution >= 4 is 12.0 Å². The van der Waals surface area contributed by atoms with Gasteiger partial charge in [-0.1, -0.05) is 19.9 Å². The first kappa shape index (κ1) is 16.4. The summed E-state index contributed by atoms with van der Waals surface area (Å²) in [6.45, 7) is 4.94. The summed E-state index contributed by atoms with van der Waals surface area (Å²) in [6, 6.07) is 3.73. The molecule has 0 spiro atoms. The first-order chi connectivity index (χ1) is 9.65. The molecule has 4 nitrogen and oxygen atoms in total. The quantitative estimate of drug-likeness (QED) is 0.717. The molecule has 0 aliphatic heterocycles. The number of aromatic nitrogens is 1. The Hall–Kier alpha value is -1.68. The lowest BCUT2D eigenvalue weighted by molar-refractivity contribution is -0.117. The van der Waals surface area contributed by atoms with Gasteiger partial charge in [0, 0.05) is 31.6 Å². The second-order valence-corrected chi connectivity index (χ2v) is 5.02. The molecule has 110 valence electrons. The molecule has 4 heteroatoms. The van der Waals surface area contributed by atoms with E-state index in [2.05, 4.69) is 24.1 Å². The van der Waals surface area contributed by atoms with Crippen molar-refractivity contribution < 1.29 is 9.90 Å². The first-order valence-corrected chi connectivity index (χ1v) is 7.12. The van der Waals surface area contributed by atoms with E-state index in [9.17, 15) is 4.79 Å². The number of rotatable bonds is 8. The van der Waals surface area contributed by atoms with Crippen LogP contribution in [-0.2, 0) is 4.79 Å². The van der Waals surface area contributed by atoms with Crippen LogP contribution in [0.15, 0.2) is 30.6 Å². The number of carbonyl (C=O) groups is 1. The van der Waals surface area contributed by atoms with Crippen LogP contribution < -0.4 is 5.32 Å². The topological polar surface area (TPSA) is 62.2 Å². The van der Waals surface area contributed by atoms with Crippen LogP contribution in [-0.4, -0.2) is 29.1 Å². The third-order valence-electron chi connectivity index (χ3n) is 3.89. The first-order valence-electron chi connectivity index (χ1n) is 7.12. The van der Waals surface area contributed by atoms with Crippen LogP contribution >= 0.6 is 0 Å². The number of pyridine rings is 1. The number of carbonyl (C=O) groups excluding carboxylic acids is 1. The number of hydrogen-bond acceptors (Lipinski definition) is 3. The van der Waals surface area contributed by atoms with E-state index >= 15 is 0 Å². The molecule has 0 saturated heterocycles. The molecule has 0 radical (unpaired) electrons. The molecule has 0 aromatic carbocycles. The molecule has 1 amide bonds. The highest BCUT2D eigenvalue weighted by Crippen LogP contribution is 2.29. The Labute approximate surface area is 120 Å². The van der Waals surface area contributed by atoms with E-state index in [0.717, 1.165) is 18.4 Å². The third-order valence-corrected chi connectivity index (χ3v) is 3.89. The van der Waals surface area contributed by atoms with Gasteiger partial charge in [0.25, 0.3) is 0 Å². The molecule has 0 atom stereocenters. The number of nitrogens with zero attached hydrogens (tertiary/aromatic N) is 1. The van der Waals surface area contributed by atoms with Gasteiger partial charge in [0.15, 0.2) is 0 Å². The third kappa shape index (κ3) is 5.13. The fourth-order valence-electron chi connectivity index (χ4n) is 2.16. The molecule has 0 bridgehead atoms. The molecule has 20 heavy (non-hydrogen) atoms. The van der Waals surface area contributed by atoms with Crippen LogP contribution in [0.2, 0.25) is 0 Å². The van der Waals surface area contributed by atoms with Gasteiger partial charge in [0.2, 0.25) is 5.91 Å². The Morgan fingerprint density at radius 1 is 1.45 bits per heavy atom. The van der Waals surface area contributed by atoms with Crippen LogP contribution in [0, 0.1) is 5.41 Å². The van der Waals surface area contributed by atoms with E-state index in [1.807, 2.05) is 12.1 Å². The van der Waals surface area contributed by atoms with Gasteiger partial charge in [-0.2, -0.15) is 0 Å². The minimum Gasteiger partial charge on any atom is -0.396 e. The molecular weight excluding hydrogens is 252 g/mol. The second-order valence-electron chi connectivity index (χ2n) is 5.02. The van der Waals surface area contributed by atoms with Gasteiger partial charge in [-0.25, -0.2) is 0 Å². The van der Waals surface area contributed by atoms with E-state index < -0.39 is 0 Å². The average molecular weight is 276 g/mol. The van der Waals surface area contributed by atoms with Crippen molar-refractivity contribution in [3.8, 4) is 0 Å². The van der Waals surface area contributed by atoms with Crippen molar-refractivity contribution in [2.24, 2.45) is 5.41 Å². The number of aliphatic hydroxyl groups is 1. The number of amides is 1. The molecule has 1 heterocycles. The SMILES string of the molecule is CCC(CC)(CCO)CNC(=O)/C=C/c1cccnc1. The van der Waals surface area contributed by atoms with Crippen molar-refractivity contribution in [2.75, 3.05) is 13.2 Å². The fraction of sp³-hybridized carbons (Fsp3) is 0.500. The molecule has 1 rings (SSSR count). The maximum absolute atomic E-state index is 11.8. The van der Waals surface area contributed by atoms with Crippen LogP contribution in [0.25, 0.3) is 6.08 Å². The number of hydrogen-bond donors (Lipinski definition) is 2. The summed E-state index contributed by atoms with van der Waals surface area (Å²) in [6.07, 6.45) is 9.26. The lowest BCUT2D eigenvalue weighted by atomic mass is 9.79. The highest BCUT2D eigenvalue weighted by molar-refractivity contribution is 5.91.